The van der Waals surface area contributed by atoms with Crippen molar-refractivity contribution < 1.29 is 14.3 Å². The number of carbonyl (C=O) groups is 2. The zero-order chi connectivity index (χ0) is 19.9. The number of hydrogen-bond donors (Lipinski definition) is 1. The van der Waals surface area contributed by atoms with Crippen LogP contribution < -0.4 is 10.1 Å². The number of likely N-dealkylation sites (N-methyl/N-ethyl adjacent to an activating group) is 1. The fraction of sp³-hybridized carbons (Fsp3) is 0.190. The van der Waals surface area contributed by atoms with E-state index in [-0.39, 0.29) is 18.4 Å². The standard InChI is InChI=1S/C21H22N4O3/c1-24(2)20(26)14-28-19-9-4-3-8-18(19)21(27)23-17-7-5-6-16(12-17)13-25-11-10-22-15-25/h3-12,15H,13-14H2,1-2H3,(H,23,27). The summed E-state index contributed by atoms with van der Waals surface area (Å²) in [5.41, 5.74) is 2.09. The Hall–Kier alpha value is -3.61. The van der Waals surface area contributed by atoms with E-state index in [2.05, 4.69) is 10.3 Å². The predicted octanol–water partition coefficient (Wildman–Crippen LogP) is 2.65. The summed E-state index contributed by atoms with van der Waals surface area (Å²) >= 11 is 0. The van der Waals surface area contributed by atoms with E-state index in [4.69, 9.17) is 4.74 Å². The molecule has 0 aliphatic heterocycles. The van der Waals surface area contributed by atoms with Crippen LogP contribution >= 0.6 is 0 Å². The van der Waals surface area contributed by atoms with Gasteiger partial charge in [-0.2, -0.15) is 0 Å². The SMILES string of the molecule is CN(C)C(=O)COc1ccccc1C(=O)Nc1cccc(Cn2ccnc2)c1. The van der Waals surface area contributed by atoms with Crippen LogP contribution in [0.15, 0.2) is 67.3 Å². The summed E-state index contributed by atoms with van der Waals surface area (Å²) in [6.07, 6.45) is 5.35. The largest absolute Gasteiger partial charge is 0.483 e. The minimum atomic E-state index is -0.298. The Bertz CT molecular complexity index is 952. The number of imidazole rings is 1. The Morgan fingerprint density at radius 2 is 1.96 bits per heavy atom. The van der Waals surface area contributed by atoms with E-state index in [0.29, 0.717) is 23.5 Å². The molecule has 0 aliphatic rings. The number of aromatic nitrogens is 2. The van der Waals surface area contributed by atoms with Crippen LogP contribution in [0.4, 0.5) is 5.69 Å². The average molecular weight is 378 g/mol. The van der Waals surface area contributed by atoms with E-state index in [9.17, 15) is 9.59 Å². The van der Waals surface area contributed by atoms with Crippen molar-refractivity contribution in [2.45, 2.75) is 6.54 Å². The summed E-state index contributed by atoms with van der Waals surface area (Å²) in [5.74, 6) is -0.111. The van der Waals surface area contributed by atoms with Crippen LogP contribution in [0.5, 0.6) is 5.75 Å². The summed E-state index contributed by atoms with van der Waals surface area (Å²) in [6.45, 7) is 0.535. The van der Waals surface area contributed by atoms with E-state index in [1.807, 2.05) is 35.0 Å². The van der Waals surface area contributed by atoms with E-state index in [0.717, 1.165) is 5.56 Å². The highest BCUT2D eigenvalue weighted by atomic mass is 16.5. The average Bonchev–Trinajstić information content (AvgIpc) is 3.19. The van der Waals surface area contributed by atoms with Gasteiger partial charge in [-0.05, 0) is 29.8 Å². The molecule has 0 fully saturated rings. The highest BCUT2D eigenvalue weighted by Gasteiger charge is 2.14. The molecule has 7 nitrogen and oxygen atoms in total. The quantitative estimate of drug-likeness (QED) is 0.686. The van der Waals surface area contributed by atoms with Gasteiger partial charge in [-0.15, -0.1) is 0 Å². The number of para-hydroxylation sites is 1. The summed E-state index contributed by atoms with van der Waals surface area (Å²) in [4.78, 5) is 30.0. The van der Waals surface area contributed by atoms with E-state index in [1.54, 1.807) is 50.9 Å². The fourth-order valence-corrected chi connectivity index (χ4v) is 2.59. The molecule has 0 saturated carbocycles. The van der Waals surface area contributed by atoms with Gasteiger partial charge in [-0.25, -0.2) is 4.98 Å². The van der Waals surface area contributed by atoms with Crippen molar-refractivity contribution in [3.8, 4) is 5.75 Å². The zero-order valence-electron chi connectivity index (χ0n) is 15.8. The number of anilines is 1. The van der Waals surface area contributed by atoms with E-state index in [1.165, 1.54) is 4.90 Å². The molecule has 0 aliphatic carbocycles. The molecule has 7 heteroatoms. The minimum absolute atomic E-state index is 0.127. The molecule has 2 amide bonds. The topological polar surface area (TPSA) is 76.5 Å². The Morgan fingerprint density at radius 1 is 1.14 bits per heavy atom. The second kappa shape index (κ2) is 8.85. The molecule has 3 aromatic rings. The Labute approximate surface area is 163 Å². The first-order valence-corrected chi connectivity index (χ1v) is 8.81. The molecule has 0 spiro atoms. The van der Waals surface area contributed by atoms with Crippen LogP contribution in [0.2, 0.25) is 0 Å². The third kappa shape index (κ3) is 4.97. The monoisotopic (exact) mass is 378 g/mol. The minimum Gasteiger partial charge on any atom is -0.483 e. The highest BCUT2D eigenvalue weighted by molar-refractivity contribution is 6.06. The Balaban J connectivity index is 1.70. The lowest BCUT2D eigenvalue weighted by Gasteiger charge is -2.14. The van der Waals surface area contributed by atoms with Gasteiger partial charge in [0.2, 0.25) is 0 Å². The number of hydrogen-bond acceptors (Lipinski definition) is 4. The Morgan fingerprint density at radius 3 is 2.71 bits per heavy atom. The molecule has 0 bridgehead atoms. The molecule has 0 radical (unpaired) electrons. The molecule has 0 saturated heterocycles. The number of ether oxygens (including phenoxy) is 1. The molecule has 1 aromatic heterocycles. The number of benzene rings is 2. The fourth-order valence-electron chi connectivity index (χ4n) is 2.59. The van der Waals surface area contributed by atoms with Crippen LogP contribution in [0.3, 0.4) is 0 Å². The van der Waals surface area contributed by atoms with Crippen molar-refractivity contribution in [2.24, 2.45) is 0 Å². The van der Waals surface area contributed by atoms with Gasteiger partial charge in [0.05, 0.1) is 11.9 Å². The lowest BCUT2D eigenvalue weighted by molar-refractivity contribution is -0.130. The predicted molar refractivity (Wildman–Crippen MR) is 106 cm³/mol. The van der Waals surface area contributed by atoms with Crippen molar-refractivity contribution in [3.05, 3.63) is 78.4 Å². The normalized spacial score (nSPS) is 10.4. The maximum Gasteiger partial charge on any atom is 0.259 e. The van der Waals surface area contributed by atoms with Crippen LogP contribution in [0.25, 0.3) is 0 Å². The zero-order valence-corrected chi connectivity index (χ0v) is 15.8. The lowest BCUT2D eigenvalue weighted by atomic mass is 10.1. The first-order valence-electron chi connectivity index (χ1n) is 8.81. The van der Waals surface area contributed by atoms with Gasteiger partial charge in [0, 0.05) is 38.7 Å². The molecular formula is C21H22N4O3. The number of rotatable bonds is 7. The number of amides is 2. The summed E-state index contributed by atoms with van der Waals surface area (Å²) in [5, 5.41) is 2.89. The van der Waals surface area contributed by atoms with Crippen molar-refractivity contribution in [3.63, 3.8) is 0 Å². The van der Waals surface area contributed by atoms with E-state index >= 15 is 0 Å². The van der Waals surface area contributed by atoms with Crippen LogP contribution in [0, 0.1) is 0 Å². The lowest BCUT2D eigenvalue weighted by Crippen LogP contribution is -2.28. The maximum absolute atomic E-state index is 12.7. The summed E-state index contributed by atoms with van der Waals surface area (Å²) in [6, 6.07) is 14.5. The van der Waals surface area contributed by atoms with E-state index < -0.39 is 0 Å². The van der Waals surface area contributed by atoms with Gasteiger partial charge in [0.25, 0.3) is 11.8 Å². The molecule has 144 valence electrons. The van der Waals surface area contributed by atoms with Gasteiger partial charge in [0.15, 0.2) is 6.61 Å². The smallest absolute Gasteiger partial charge is 0.259 e. The summed E-state index contributed by atoms with van der Waals surface area (Å²) in [7, 11) is 3.31. The van der Waals surface area contributed by atoms with Gasteiger partial charge >= 0.3 is 0 Å². The second-order valence-electron chi connectivity index (χ2n) is 6.46. The molecule has 3 rings (SSSR count). The molecule has 0 atom stereocenters. The second-order valence-corrected chi connectivity index (χ2v) is 6.46. The Kier molecular flexibility index (Phi) is 6.06. The molecule has 1 heterocycles. The molecule has 0 unspecified atom stereocenters. The third-order valence-electron chi connectivity index (χ3n) is 4.09. The van der Waals surface area contributed by atoms with Crippen LogP contribution in [-0.4, -0.2) is 47.0 Å². The van der Waals surface area contributed by atoms with Gasteiger partial charge in [0.1, 0.15) is 5.75 Å². The van der Waals surface area contributed by atoms with Gasteiger partial charge < -0.3 is 19.5 Å². The third-order valence-corrected chi connectivity index (χ3v) is 4.09. The highest BCUT2D eigenvalue weighted by Crippen LogP contribution is 2.20. The number of nitrogens with one attached hydrogen (secondary N) is 1. The number of nitrogens with zero attached hydrogens (tertiary/aromatic N) is 3. The van der Waals surface area contributed by atoms with Crippen LogP contribution in [-0.2, 0) is 11.3 Å². The van der Waals surface area contributed by atoms with Crippen molar-refractivity contribution in [1.82, 2.24) is 14.5 Å². The van der Waals surface area contributed by atoms with Crippen molar-refractivity contribution in [2.75, 3.05) is 26.0 Å². The maximum atomic E-state index is 12.7. The van der Waals surface area contributed by atoms with Gasteiger partial charge in [-0.1, -0.05) is 24.3 Å². The van der Waals surface area contributed by atoms with Crippen molar-refractivity contribution >= 4 is 17.5 Å². The molecular weight excluding hydrogens is 356 g/mol. The number of carbonyl (C=O) groups excluding carboxylic acids is 2. The summed E-state index contributed by atoms with van der Waals surface area (Å²) < 4.78 is 7.50. The van der Waals surface area contributed by atoms with Crippen molar-refractivity contribution in [1.29, 1.82) is 0 Å². The molecule has 1 N–H and O–H groups in total. The molecule has 28 heavy (non-hydrogen) atoms. The molecule has 2 aromatic carbocycles. The van der Waals surface area contributed by atoms with Crippen LogP contribution in [0.1, 0.15) is 15.9 Å². The first kappa shape index (κ1) is 19.2. The first-order chi connectivity index (χ1) is 13.5. The van der Waals surface area contributed by atoms with Gasteiger partial charge in [-0.3, -0.25) is 9.59 Å².